The van der Waals surface area contributed by atoms with Crippen molar-refractivity contribution in [2.75, 3.05) is 33.4 Å². The van der Waals surface area contributed by atoms with Crippen LogP contribution in [0.1, 0.15) is 12.8 Å². The first-order valence-corrected chi connectivity index (χ1v) is 6.98. The van der Waals surface area contributed by atoms with E-state index in [-0.39, 0.29) is 5.91 Å². The summed E-state index contributed by atoms with van der Waals surface area (Å²) in [5.74, 6) is 1.94. The van der Waals surface area contributed by atoms with Crippen LogP contribution in [0.15, 0.2) is 24.3 Å². The molecule has 1 aliphatic heterocycles. The Hall–Kier alpha value is -1.75. The number of nitrogens with zero attached hydrogens (tertiary/aromatic N) is 1. The van der Waals surface area contributed by atoms with E-state index >= 15 is 0 Å². The van der Waals surface area contributed by atoms with Crippen LogP contribution in [0.25, 0.3) is 0 Å². The quantitative estimate of drug-likeness (QED) is 0.851. The number of nitrogens with two attached hydrogens (primary N) is 1. The van der Waals surface area contributed by atoms with E-state index in [0.717, 1.165) is 19.5 Å². The Kier molecular flexibility index (Phi) is 5.24. The van der Waals surface area contributed by atoms with Gasteiger partial charge in [-0.1, -0.05) is 12.1 Å². The van der Waals surface area contributed by atoms with Crippen LogP contribution in [-0.2, 0) is 4.79 Å². The lowest BCUT2D eigenvalue weighted by Crippen LogP contribution is -2.30. The fourth-order valence-electron chi connectivity index (χ4n) is 2.40. The summed E-state index contributed by atoms with van der Waals surface area (Å²) in [4.78, 5) is 13.9. The van der Waals surface area contributed by atoms with Gasteiger partial charge in [-0.25, -0.2) is 0 Å². The molecule has 1 atom stereocenters. The Morgan fingerprint density at radius 3 is 2.80 bits per heavy atom. The minimum Gasteiger partial charge on any atom is -0.493 e. The molecule has 5 nitrogen and oxygen atoms in total. The highest BCUT2D eigenvalue weighted by Gasteiger charge is 2.24. The third-order valence-corrected chi connectivity index (χ3v) is 3.61. The van der Waals surface area contributed by atoms with E-state index in [1.165, 1.54) is 0 Å². The topological polar surface area (TPSA) is 64.8 Å². The van der Waals surface area contributed by atoms with Crippen molar-refractivity contribution in [3.8, 4) is 11.5 Å². The van der Waals surface area contributed by atoms with Gasteiger partial charge in [0.25, 0.3) is 0 Å². The third kappa shape index (κ3) is 3.63. The number of hydrogen-bond donors (Lipinski definition) is 1. The summed E-state index contributed by atoms with van der Waals surface area (Å²) < 4.78 is 10.8. The Morgan fingerprint density at radius 1 is 1.40 bits per heavy atom. The Labute approximate surface area is 119 Å². The average Bonchev–Trinajstić information content (AvgIpc) is 2.96. The van der Waals surface area contributed by atoms with E-state index in [1.54, 1.807) is 7.11 Å². The molecule has 0 saturated carbocycles. The molecule has 1 aromatic carbocycles. The largest absolute Gasteiger partial charge is 0.493 e. The van der Waals surface area contributed by atoms with Crippen LogP contribution in [0.4, 0.5) is 0 Å². The fourth-order valence-corrected chi connectivity index (χ4v) is 2.40. The molecule has 1 saturated heterocycles. The van der Waals surface area contributed by atoms with Gasteiger partial charge in [0.05, 0.1) is 20.1 Å². The van der Waals surface area contributed by atoms with Crippen LogP contribution in [0.5, 0.6) is 11.5 Å². The summed E-state index contributed by atoms with van der Waals surface area (Å²) >= 11 is 0. The number of amides is 1. The molecule has 1 fully saturated rings. The van der Waals surface area contributed by atoms with E-state index in [9.17, 15) is 4.79 Å². The molecule has 110 valence electrons. The molecular formula is C15H22N2O3. The lowest BCUT2D eigenvalue weighted by atomic mass is 10.1. The van der Waals surface area contributed by atoms with Gasteiger partial charge in [-0.05, 0) is 31.0 Å². The van der Waals surface area contributed by atoms with Crippen molar-refractivity contribution >= 4 is 5.91 Å². The van der Waals surface area contributed by atoms with Crippen molar-refractivity contribution in [1.29, 1.82) is 0 Å². The maximum Gasteiger partial charge on any atom is 0.226 e. The molecule has 2 rings (SSSR count). The minimum absolute atomic E-state index is 0.135. The number of ether oxygens (including phenoxy) is 2. The van der Waals surface area contributed by atoms with E-state index < -0.39 is 0 Å². The molecule has 1 aromatic rings. The first-order chi connectivity index (χ1) is 9.74. The first kappa shape index (κ1) is 14.7. The summed E-state index contributed by atoms with van der Waals surface area (Å²) in [7, 11) is 1.60. The van der Waals surface area contributed by atoms with Crippen molar-refractivity contribution in [2.24, 2.45) is 11.7 Å². The maximum absolute atomic E-state index is 12.0. The SMILES string of the molecule is COc1ccccc1OCCC(=O)N1CC[C@H](CN)C1. The number of likely N-dealkylation sites (tertiary alicyclic amines) is 1. The van der Waals surface area contributed by atoms with Gasteiger partial charge in [0.2, 0.25) is 5.91 Å². The van der Waals surface area contributed by atoms with E-state index in [4.69, 9.17) is 15.2 Å². The molecule has 0 aliphatic carbocycles. The summed E-state index contributed by atoms with van der Waals surface area (Å²) in [6.07, 6.45) is 1.39. The molecule has 0 bridgehead atoms. The van der Waals surface area contributed by atoms with Gasteiger partial charge in [-0.15, -0.1) is 0 Å². The van der Waals surface area contributed by atoms with Crippen LogP contribution in [0.2, 0.25) is 0 Å². The second-order valence-electron chi connectivity index (χ2n) is 4.98. The van der Waals surface area contributed by atoms with E-state index in [2.05, 4.69) is 0 Å². The first-order valence-electron chi connectivity index (χ1n) is 6.98. The summed E-state index contributed by atoms with van der Waals surface area (Å²) in [5, 5.41) is 0. The Balaban J connectivity index is 1.77. The van der Waals surface area contributed by atoms with Crippen LogP contribution >= 0.6 is 0 Å². The van der Waals surface area contributed by atoms with Crippen molar-refractivity contribution in [1.82, 2.24) is 4.90 Å². The highest BCUT2D eigenvalue weighted by atomic mass is 16.5. The maximum atomic E-state index is 12.0. The number of para-hydroxylation sites is 2. The minimum atomic E-state index is 0.135. The zero-order chi connectivity index (χ0) is 14.4. The predicted octanol–water partition coefficient (Wildman–Crippen LogP) is 1.27. The van der Waals surface area contributed by atoms with E-state index in [0.29, 0.717) is 37.0 Å². The zero-order valence-corrected chi connectivity index (χ0v) is 11.9. The second-order valence-corrected chi connectivity index (χ2v) is 4.98. The molecule has 0 aromatic heterocycles. The molecule has 1 heterocycles. The highest BCUT2D eigenvalue weighted by molar-refractivity contribution is 5.76. The average molecular weight is 278 g/mol. The number of methoxy groups -OCH3 is 1. The predicted molar refractivity (Wildman–Crippen MR) is 76.8 cm³/mol. The fraction of sp³-hybridized carbons (Fsp3) is 0.533. The van der Waals surface area contributed by atoms with Crippen molar-refractivity contribution in [3.63, 3.8) is 0 Å². The van der Waals surface area contributed by atoms with Crippen LogP contribution in [0, 0.1) is 5.92 Å². The van der Waals surface area contributed by atoms with Crippen LogP contribution in [-0.4, -0.2) is 44.2 Å². The van der Waals surface area contributed by atoms with Gasteiger partial charge in [0.1, 0.15) is 0 Å². The summed E-state index contributed by atoms with van der Waals surface area (Å²) in [6.45, 7) is 2.61. The van der Waals surface area contributed by atoms with Gasteiger partial charge in [-0.2, -0.15) is 0 Å². The van der Waals surface area contributed by atoms with Crippen LogP contribution < -0.4 is 15.2 Å². The van der Waals surface area contributed by atoms with E-state index in [1.807, 2.05) is 29.2 Å². The number of rotatable bonds is 6. The molecule has 20 heavy (non-hydrogen) atoms. The Bertz CT molecular complexity index is 450. The lowest BCUT2D eigenvalue weighted by Gasteiger charge is -2.16. The number of hydrogen-bond acceptors (Lipinski definition) is 4. The molecule has 1 aliphatic rings. The van der Waals surface area contributed by atoms with Gasteiger partial charge in [-0.3, -0.25) is 4.79 Å². The zero-order valence-electron chi connectivity index (χ0n) is 11.9. The summed E-state index contributed by atoms with van der Waals surface area (Å²) in [5.41, 5.74) is 5.63. The van der Waals surface area contributed by atoms with Gasteiger partial charge in [0.15, 0.2) is 11.5 Å². The molecular weight excluding hydrogens is 256 g/mol. The third-order valence-electron chi connectivity index (χ3n) is 3.61. The van der Waals surface area contributed by atoms with Crippen molar-refractivity contribution < 1.29 is 14.3 Å². The molecule has 0 radical (unpaired) electrons. The van der Waals surface area contributed by atoms with Gasteiger partial charge < -0.3 is 20.1 Å². The molecule has 0 spiro atoms. The summed E-state index contributed by atoms with van der Waals surface area (Å²) in [6, 6.07) is 7.44. The number of benzene rings is 1. The smallest absolute Gasteiger partial charge is 0.226 e. The van der Waals surface area contributed by atoms with Crippen molar-refractivity contribution in [2.45, 2.75) is 12.8 Å². The second kappa shape index (κ2) is 7.14. The lowest BCUT2D eigenvalue weighted by molar-refractivity contribution is -0.130. The van der Waals surface area contributed by atoms with Gasteiger partial charge in [0, 0.05) is 13.1 Å². The van der Waals surface area contributed by atoms with Gasteiger partial charge >= 0.3 is 0 Å². The molecule has 5 heteroatoms. The normalized spacial score (nSPS) is 18.1. The Morgan fingerprint density at radius 2 is 2.15 bits per heavy atom. The number of carbonyl (C=O) groups excluding carboxylic acids is 1. The van der Waals surface area contributed by atoms with Crippen LogP contribution in [0.3, 0.4) is 0 Å². The standard InChI is InChI=1S/C15H22N2O3/c1-19-13-4-2-3-5-14(13)20-9-7-15(18)17-8-6-12(10-16)11-17/h2-5,12H,6-11,16H2,1H3/t12-/m1/s1. The highest BCUT2D eigenvalue weighted by Crippen LogP contribution is 2.26. The monoisotopic (exact) mass is 278 g/mol. The molecule has 0 unspecified atom stereocenters. The molecule has 2 N–H and O–H groups in total. The molecule has 1 amide bonds. The number of carbonyl (C=O) groups is 1. The van der Waals surface area contributed by atoms with Crippen molar-refractivity contribution in [3.05, 3.63) is 24.3 Å².